The Hall–Kier alpha value is -2.56. The van der Waals surface area contributed by atoms with E-state index >= 15 is 0 Å². The number of nitrogens with one attached hydrogen (secondary N) is 1. The standard InChI is InChI=1S/C20H18ClN3O3S/c1-11(18(25)23-14-7-5-13(21)6-8-14)27-20(26)15-9-17(12-3-4-12)24-19(28-2)16(15)10-22/h5-9,11-12H,3-4H2,1-2H3,(H,23,25). The monoisotopic (exact) mass is 415 g/mol. The quantitative estimate of drug-likeness (QED) is 0.555. The minimum absolute atomic E-state index is 0.148. The van der Waals surface area contributed by atoms with Gasteiger partial charge in [0.2, 0.25) is 0 Å². The Morgan fingerprint density at radius 1 is 1.36 bits per heavy atom. The summed E-state index contributed by atoms with van der Waals surface area (Å²) in [6, 6.07) is 10.2. The van der Waals surface area contributed by atoms with E-state index in [1.807, 2.05) is 6.07 Å². The van der Waals surface area contributed by atoms with Crippen LogP contribution in [-0.2, 0) is 9.53 Å². The molecule has 1 aliphatic rings. The molecule has 1 N–H and O–H groups in total. The zero-order valence-electron chi connectivity index (χ0n) is 15.4. The summed E-state index contributed by atoms with van der Waals surface area (Å²) in [7, 11) is 0. The highest BCUT2D eigenvalue weighted by Gasteiger charge is 2.30. The third-order valence-corrected chi connectivity index (χ3v) is 5.23. The van der Waals surface area contributed by atoms with Crippen molar-refractivity contribution in [1.82, 2.24) is 4.98 Å². The number of benzene rings is 1. The zero-order chi connectivity index (χ0) is 20.3. The Kier molecular flexibility index (Phi) is 6.22. The van der Waals surface area contributed by atoms with Crippen LogP contribution >= 0.6 is 23.4 Å². The van der Waals surface area contributed by atoms with E-state index in [2.05, 4.69) is 10.3 Å². The molecular weight excluding hydrogens is 398 g/mol. The molecule has 1 amide bonds. The number of thioether (sulfide) groups is 1. The number of ether oxygens (including phenoxy) is 1. The number of aromatic nitrogens is 1. The van der Waals surface area contributed by atoms with Crippen molar-refractivity contribution in [3.8, 4) is 6.07 Å². The average molecular weight is 416 g/mol. The van der Waals surface area contributed by atoms with E-state index in [0.717, 1.165) is 18.5 Å². The average Bonchev–Trinajstić information content (AvgIpc) is 3.53. The van der Waals surface area contributed by atoms with Gasteiger partial charge in [-0.05, 0) is 56.4 Å². The summed E-state index contributed by atoms with van der Waals surface area (Å²) in [5.41, 5.74) is 1.65. The van der Waals surface area contributed by atoms with Gasteiger partial charge in [-0.15, -0.1) is 11.8 Å². The number of carbonyl (C=O) groups is 2. The van der Waals surface area contributed by atoms with Crippen molar-refractivity contribution >= 4 is 40.9 Å². The van der Waals surface area contributed by atoms with E-state index in [1.165, 1.54) is 18.7 Å². The van der Waals surface area contributed by atoms with E-state index in [4.69, 9.17) is 16.3 Å². The second kappa shape index (κ2) is 8.63. The number of hydrogen-bond donors (Lipinski definition) is 1. The number of amides is 1. The van der Waals surface area contributed by atoms with Gasteiger partial charge in [-0.3, -0.25) is 4.79 Å². The van der Waals surface area contributed by atoms with Gasteiger partial charge in [0.25, 0.3) is 5.91 Å². The van der Waals surface area contributed by atoms with Crippen LogP contribution in [0.1, 0.15) is 47.3 Å². The summed E-state index contributed by atoms with van der Waals surface area (Å²) >= 11 is 7.13. The van der Waals surface area contributed by atoms with Crippen LogP contribution in [0.5, 0.6) is 0 Å². The van der Waals surface area contributed by atoms with Crippen molar-refractivity contribution in [2.75, 3.05) is 11.6 Å². The first-order valence-electron chi connectivity index (χ1n) is 8.69. The van der Waals surface area contributed by atoms with Crippen LogP contribution in [-0.4, -0.2) is 29.2 Å². The third-order valence-electron chi connectivity index (χ3n) is 4.29. The highest BCUT2D eigenvalue weighted by molar-refractivity contribution is 7.98. The number of hydrogen-bond acceptors (Lipinski definition) is 6. The number of halogens is 1. The minimum Gasteiger partial charge on any atom is -0.449 e. The third kappa shape index (κ3) is 4.64. The topological polar surface area (TPSA) is 92.1 Å². The highest BCUT2D eigenvalue weighted by atomic mass is 35.5. The second-order valence-electron chi connectivity index (χ2n) is 6.41. The molecule has 28 heavy (non-hydrogen) atoms. The Labute approximate surface area is 172 Å². The summed E-state index contributed by atoms with van der Waals surface area (Å²) in [4.78, 5) is 29.5. The normalized spacial score (nSPS) is 14.1. The Morgan fingerprint density at radius 3 is 2.61 bits per heavy atom. The zero-order valence-corrected chi connectivity index (χ0v) is 16.9. The maximum atomic E-state index is 12.7. The largest absolute Gasteiger partial charge is 0.449 e. The maximum absolute atomic E-state index is 12.7. The van der Waals surface area contributed by atoms with Crippen molar-refractivity contribution in [2.24, 2.45) is 0 Å². The lowest BCUT2D eigenvalue weighted by Gasteiger charge is -2.15. The molecule has 1 heterocycles. The molecule has 0 bridgehead atoms. The van der Waals surface area contributed by atoms with Crippen LogP contribution in [0, 0.1) is 11.3 Å². The Balaban J connectivity index is 1.76. The predicted octanol–water partition coefficient (Wildman–Crippen LogP) is 4.39. The number of rotatable bonds is 6. The van der Waals surface area contributed by atoms with Gasteiger partial charge in [0.1, 0.15) is 11.1 Å². The molecule has 3 rings (SSSR count). The van der Waals surface area contributed by atoms with Gasteiger partial charge in [-0.2, -0.15) is 5.26 Å². The highest BCUT2D eigenvalue weighted by Crippen LogP contribution is 2.40. The van der Waals surface area contributed by atoms with Gasteiger partial charge in [0.15, 0.2) is 6.10 Å². The molecule has 1 aromatic heterocycles. The first kappa shape index (κ1) is 20.2. The smallest absolute Gasteiger partial charge is 0.340 e. The van der Waals surface area contributed by atoms with Crippen LogP contribution in [0.3, 0.4) is 0 Å². The minimum atomic E-state index is -1.04. The summed E-state index contributed by atoms with van der Waals surface area (Å²) < 4.78 is 5.33. The van der Waals surface area contributed by atoms with Crippen LogP contribution < -0.4 is 5.32 Å². The molecule has 1 unspecified atom stereocenters. The fourth-order valence-electron chi connectivity index (χ4n) is 2.60. The lowest BCUT2D eigenvalue weighted by molar-refractivity contribution is -0.123. The van der Waals surface area contributed by atoms with Gasteiger partial charge in [-0.1, -0.05) is 11.6 Å². The van der Waals surface area contributed by atoms with Crippen LogP contribution in [0.4, 0.5) is 5.69 Å². The molecular formula is C20H18ClN3O3S. The summed E-state index contributed by atoms with van der Waals surface area (Å²) in [6.07, 6.45) is 2.80. The first-order valence-corrected chi connectivity index (χ1v) is 10.3. The molecule has 1 fully saturated rings. The van der Waals surface area contributed by atoms with Gasteiger partial charge >= 0.3 is 5.97 Å². The molecule has 0 spiro atoms. The maximum Gasteiger partial charge on any atom is 0.340 e. The number of carbonyl (C=O) groups excluding carboxylic acids is 2. The molecule has 0 radical (unpaired) electrons. The van der Waals surface area contributed by atoms with Gasteiger partial charge < -0.3 is 10.1 Å². The molecule has 1 atom stereocenters. The van der Waals surface area contributed by atoms with Crippen molar-refractivity contribution in [2.45, 2.75) is 36.8 Å². The van der Waals surface area contributed by atoms with Crippen LogP contribution in [0.15, 0.2) is 35.4 Å². The van der Waals surface area contributed by atoms with E-state index in [1.54, 1.807) is 36.6 Å². The van der Waals surface area contributed by atoms with E-state index < -0.39 is 18.0 Å². The molecule has 1 saturated carbocycles. The summed E-state index contributed by atoms with van der Waals surface area (Å²) in [6.45, 7) is 1.48. The number of esters is 1. The number of nitriles is 1. The number of pyridine rings is 1. The lowest BCUT2D eigenvalue weighted by atomic mass is 10.1. The molecule has 6 nitrogen and oxygen atoms in total. The molecule has 0 saturated heterocycles. The molecule has 0 aliphatic heterocycles. The molecule has 2 aromatic rings. The molecule has 1 aliphatic carbocycles. The number of nitrogens with zero attached hydrogens (tertiary/aromatic N) is 2. The molecule has 144 valence electrons. The number of anilines is 1. The molecule has 8 heteroatoms. The van der Waals surface area contributed by atoms with Crippen LogP contribution in [0.25, 0.3) is 0 Å². The Morgan fingerprint density at radius 2 is 2.04 bits per heavy atom. The van der Waals surface area contributed by atoms with E-state index in [9.17, 15) is 14.9 Å². The fraction of sp³-hybridized carbons (Fsp3) is 0.300. The van der Waals surface area contributed by atoms with Gasteiger partial charge in [-0.25, -0.2) is 9.78 Å². The van der Waals surface area contributed by atoms with E-state index in [0.29, 0.717) is 21.7 Å². The molecule has 1 aromatic carbocycles. The SMILES string of the molecule is CSc1nc(C2CC2)cc(C(=O)OC(C)C(=O)Nc2ccc(Cl)cc2)c1C#N. The predicted molar refractivity (Wildman–Crippen MR) is 108 cm³/mol. The first-order chi connectivity index (χ1) is 13.4. The van der Waals surface area contributed by atoms with Gasteiger partial charge in [0.05, 0.1) is 11.1 Å². The van der Waals surface area contributed by atoms with Crippen molar-refractivity contribution < 1.29 is 14.3 Å². The van der Waals surface area contributed by atoms with E-state index in [-0.39, 0.29) is 11.1 Å². The van der Waals surface area contributed by atoms with Crippen molar-refractivity contribution in [3.05, 3.63) is 52.2 Å². The summed E-state index contributed by atoms with van der Waals surface area (Å²) in [5.74, 6) is -0.874. The fourth-order valence-corrected chi connectivity index (χ4v) is 3.28. The van der Waals surface area contributed by atoms with Crippen molar-refractivity contribution in [3.63, 3.8) is 0 Å². The van der Waals surface area contributed by atoms with Crippen LogP contribution in [0.2, 0.25) is 5.02 Å². The summed E-state index contributed by atoms with van der Waals surface area (Å²) in [5, 5.41) is 13.2. The lowest BCUT2D eigenvalue weighted by Crippen LogP contribution is -2.30. The van der Waals surface area contributed by atoms with Gasteiger partial charge in [0, 0.05) is 22.3 Å². The van der Waals surface area contributed by atoms with Crippen molar-refractivity contribution in [1.29, 1.82) is 5.26 Å². The second-order valence-corrected chi connectivity index (χ2v) is 7.64. The Bertz CT molecular complexity index is 952.